The number of benzene rings is 1. The first-order valence-corrected chi connectivity index (χ1v) is 7.40. The molecule has 0 saturated heterocycles. The van der Waals surface area contributed by atoms with Crippen molar-refractivity contribution in [3.63, 3.8) is 0 Å². The minimum absolute atomic E-state index is 0.110. The van der Waals surface area contributed by atoms with Gasteiger partial charge in [0.05, 0.1) is 11.7 Å². The van der Waals surface area contributed by atoms with E-state index in [0.29, 0.717) is 24.5 Å². The highest BCUT2D eigenvalue weighted by atomic mass is 79.9. The maximum absolute atomic E-state index is 13.5. The molecule has 1 aromatic carbocycles. The van der Waals surface area contributed by atoms with Gasteiger partial charge in [0, 0.05) is 23.1 Å². The lowest BCUT2D eigenvalue weighted by Gasteiger charge is -2.12. The third kappa shape index (κ3) is 4.78. The van der Waals surface area contributed by atoms with Gasteiger partial charge in [-0.2, -0.15) is 4.37 Å². The fourth-order valence-electron chi connectivity index (χ4n) is 1.51. The number of hydrogen-bond acceptors (Lipinski definition) is 6. The van der Waals surface area contributed by atoms with Crippen molar-refractivity contribution in [3.05, 3.63) is 40.2 Å². The summed E-state index contributed by atoms with van der Waals surface area (Å²) >= 11 is 4.33. The zero-order chi connectivity index (χ0) is 14.4. The second-order valence-corrected chi connectivity index (χ2v) is 5.55. The van der Waals surface area contributed by atoms with E-state index in [0.717, 1.165) is 16.2 Å². The summed E-state index contributed by atoms with van der Waals surface area (Å²) < 4.78 is 27.1. The molecule has 20 heavy (non-hydrogen) atoms. The molecule has 1 aromatic heterocycles. The minimum Gasteiger partial charge on any atom is -0.473 e. The third-order valence-corrected chi connectivity index (χ3v) is 3.42. The summed E-state index contributed by atoms with van der Waals surface area (Å²) in [6.45, 7) is 0.740. The summed E-state index contributed by atoms with van der Waals surface area (Å²) in [4.78, 5) is 0. The topological polar surface area (TPSA) is 67.3 Å². The van der Waals surface area contributed by atoms with Gasteiger partial charge in [0.2, 0.25) is 5.88 Å². The summed E-state index contributed by atoms with van der Waals surface area (Å²) in [5.41, 5.74) is 0.538. The van der Waals surface area contributed by atoms with Gasteiger partial charge < -0.3 is 15.2 Å². The molecule has 0 saturated carbocycles. The summed E-state index contributed by atoms with van der Waals surface area (Å²) in [6.07, 6.45) is 0.786. The van der Waals surface area contributed by atoms with Crippen LogP contribution in [0.2, 0.25) is 0 Å². The fourth-order valence-corrected chi connectivity index (χ4v) is 2.29. The first kappa shape index (κ1) is 15.3. The highest BCUT2D eigenvalue weighted by molar-refractivity contribution is 9.10. The molecule has 1 atom stereocenters. The summed E-state index contributed by atoms with van der Waals surface area (Å²) in [5, 5.41) is 12.7. The quantitative estimate of drug-likeness (QED) is 0.789. The standard InChI is InChI=1S/C12H13BrFN3O2S/c13-9-1-2-11(14)8(3-9)4-15-5-10(18)7-19-12-6-16-20-17-12/h1-3,6,10,15,18H,4-5,7H2. The number of hydrogen-bond donors (Lipinski definition) is 2. The molecule has 5 nitrogen and oxygen atoms in total. The van der Waals surface area contributed by atoms with Gasteiger partial charge in [-0.25, -0.2) is 4.39 Å². The van der Waals surface area contributed by atoms with Gasteiger partial charge in [-0.3, -0.25) is 0 Å². The zero-order valence-electron chi connectivity index (χ0n) is 10.4. The maximum atomic E-state index is 13.5. The molecule has 8 heteroatoms. The molecule has 0 spiro atoms. The van der Waals surface area contributed by atoms with Gasteiger partial charge in [-0.1, -0.05) is 15.9 Å². The Morgan fingerprint density at radius 1 is 1.50 bits per heavy atom. The number of aliphatic hydroxyl groups excluding tert-OH is 1. The molecule has 108 valence electrons. The van der Waals surface area contributed by atoms with Gasteiger partial charge in [-0.15, -0.1) is 4.37 Å². The van der Waals surface area contributed by atoms with E-state index in [-0.39, 0.29) is 12.4 Å². The van der Waals surface area contributed by atoms with Crippen molar-refractivity contribution < 1.29 is 14.2 Å². The number of nitrogens with one attached hydrogen (secondary N) is 1. The normalized spacial score (nSPS) is 12.3. The molecule has 2 N–H and O–H groups in total. The van der Waals surface area contributed by atoms with Crippen molar-refractivity contribution >= 4 is 27.7 Å². The van der Waals surface area contributed by atoms with Crippen LogP contribution >= 0.6 is 27.7 Å². The second kappa shape index (κ2) is 7.63. The van der Waals surface area contributed by atoms with Crippen LogP contribution in [0.15, 0.2) is 28.9 Å². The van der Waals surface area contributed by atoms with Crippen LogP contribution in [0.1, 0.15) is 5.56 Å². The largest absolute Gasteiger partial charge is 0.473 e. The highest BCUT2D eigenvalue weighted by Crippen LogP contribution is 2.15. The van der Waals surface area contributed by atoms with Crippen LogP contribution < -0.4 is 10.1 Å². The first-order valence-electron chi connectivity index (χ1n) is 5.88. The van der Waals surface area contributed by atoms with Crippen LogP contribution in [-0.4, -0.2) is 33.1 Å². The Morgan fingerprint density at radius 3 is 3.10 bits per heavy atom. The Bertz CT molecular complexity index is 542. The van der Waals surface area contributed by atoms with Crippen LogP contribution in [0.4, 0.5) is 4.39 Å². The predicted molar refractivity (Wildman–Crippen MR) is 77.2 cm³/mol. The van der Waals surface area contributed by atoms with E-state index in [4.69, 9.17) is 4.74 Å². The van der Waals surface area contributed by atoms with Crippen molar-refractivity contribution in [1.82, 2.24) is 14.1 Å². The van der Waals surface area contributed by atoms with Gasteiger partial charge in [0.15, 0.2) is 0 Å². The third-order valence-electron chi connectivity index (χ3n) is 2.47. The smallest absolute Gasteiger partial charge is 0.245 e. The molecule has 0 amide bonds. The molecule has 0 fully saturated rings. The van der Waals surface area contributed by atoms with Gasteiger partial charge in [-0.05, 0) is 18.2 Å². The van der Waals surface area contributed by atoms with E-state index in [1.54, 1.807) is 12.1 Å². The fraction of sp³-hybridized carbons (Fsp3) is 0.333. The molecule has 0 bridgehead atoms. The highest BCUT2D eigenvalue weighted by Gasteiger charge is 2.08. The van der Waals surface area contributed by atoms with Crippen LogP contribution in [-0.2, 0) is 6.54 Å². The number of nitrogens with zero attached hydrogens (tertiary/aromatic N) is 2. The van der Waals surface area contributed by atoms with Crippen molar-refractivity contribution in [2.75, 3.05) is 13.2 Å². The van der Waals surface area contributed by atoms with Crippen molar-refractivity contribution in [3.8, 4) is 5.88 Å². The molecule has 1 heterocycles. The maximum Gasteiger partial charge on any atom is 0.245 e. The van der Waals surface area contributed by atoms with E-state index >= 15 is 0 Å². The average Bonchev–Trinajstić information content (AvgIpc) is 2.93. The Labute approximate surface area is 128 Å². The Morgan fingerprint density at radius 2 is 2.35 bits per heavy atom. The molecule has 1 unspecified atom stereocenters. The Hall–Kier alpha value is -1.09. The van der Waals surface area contributed by atoms with Crippen molar-refractivity contribution in [2.45, 2.75) is 12.6 Å². The van der Waals surface area contributed by atoms with Crippen LogP contribution in [0.3, 0.4) is 0 Å². The average molecular weight is 362 g/mol. The summed E-state index contributed by atoms with van der Waals surface area (Å²) in [7, 11) is 0. The molecular formula is C12H13BrFN3O2S. The van der Waals surface area contributed by atoms with Gasteiger partial charge >= 0.3 is 0 Å². The van der Waals surface area contributed by atoms with E-state index in [9.17, 15) is 9.50 Å². The zero-order valence-corrected chi connectivity index (χ0v) is 12.8. The number of rotatable bonds is 7. The van der Waals surface area contributed by atoms with Gasteiger partial charge in [0.1, 0.15) is 24.7 Å². The van der Waals surface area contributed by atoms with Crippen LogP contribution in [0.25, 0.3) is 0 Å². The number of aromatic nitrogens is 2. The van der Waals surface area contributed by atoms with Crippen LogP contribution in [0.5, 0.6) is 5.88 Å². The van der Waals surface area contributed by atoms with E-state index in [2.05, 4.69) is 30.0 Å². The van der Waals surface area contributed by atoms with Crippen molar-refractivity contribution in [1.29, 1.82) is 0 Å². The molecule has 0 radical (unpaired) electrons. The number of ether oxygens (including phenoxy) is 1. The first-order chi connectivity index (χ1) is 9.65. The number of aliphatic hydroxyl groups is 1. The second-order valence-electron chi connectivity index (χ2n) is 4.08. The lowest BCUT2D eigenvalue weighted by atomic mass is 10.2. The van der Waals surface area contributed by atoms with E-state index < -0.39 is 6.10 Å². The summed E-state index contributed by atoms with van der Waals surface area (Å²) in [5.74, 6) is 0.118. The Balaban J connectivity index is 1.71. The molecule has 0 aliphatic carbocycles. The van der Waals surface area contributed by atoms with Gasteiger partial charge in [0.25, 0.3) is 0 Å². The molecule has 0 aliphatic heterocycles. The lowest BCUT2D eigenvalue weighted by molar-refractivity contribution is 0.104. The Kier molecular flexibility index (Phi) is 5.84. The monoisotopic (exact) mass is 361 g/mol. The SMILES string of the molecule is OC(CNCc1cc(Br)ccc1F)COc1cnsn1. The van der Waals surface area contributed by atoms with Crippen molar-refractivity contribution in [2.24, 2.45) is 0 Å². The number of halogens is 2. The lowest BCUT2D eigenvalue weighted by Crippen LogP contribution is -2.31. The molecule has 0 aliphatic rings. The van der Waals surface area contributed by atoms with Crippen LogP contribution in [0, 0.1) is 5.82 Å². The van der Waals surface area contributed by atoms with E-state index in [1.165, 1.54) is 12.3 Å². The predicted octanol–water partition coefficient (Wildman–Crippen LogP) is 1.97. The summed E-state index contributed by atoms with van der Waals surface area (Å²) in [6, 6.07) is 4.74. The molecule has 2 rings (SSSR count). The van der Waals surface area contributed by atoms with E-state index in [1.807, 2.05) is 0 Å². The molecular weight excluding hydrogens is 349 g/mol. The molecule has 2 aromatic rings. The minimum atomic E-state index is -0.702.